The fourth-order valence-electron chi connectivity index (χ4n) is 2.89. The van der Waals surface area contributed by atoms with E-state index in [-0.39, 0.29) is 11.9 Å². The van der Waals surface area contributed by atoms with Crippen LogP contribution in [0.5, 0.6) is 0 Å². The molecule has 6 nitrogen and oxygen atoms in total. The van der Waals surface area contributed by atoms with E-state index in [0.29, 0.717) is 23.5 Å². The minimum atomic E-state index is -0.384. The molecule has 3 aromatic rings. The van der Waals surface area contributed by atoms with E-state index < -0.39 is 0 Å². The van der Waals surface area contributed by atoms with Crippen molar-refractivity contribution in [1.29, 1.82) is 0 Å². The van der Waals surface area contributed by atoms with Crippen LogP contribution in [-0.4, -0.2) is 26.0 Å². The van der Waals surface area contributed by atoms with Gasteiger partial charge in [-0.25, -0.2) is 4.79 Å². The Morgan fingerprint density at radius 1 is 0.867 bits per heavy atom. The molecule has 0 aliphatic heterocycles. The monoisotopic (exact) mass is 466 g/mol. The molecule has 3 aromatic carbocycles. The van der Waals surface area contributed by atoms with E-state index in [2.05, 4.69) is 31.9 Å². The summed E-state index contributed by atoms with van der Waals surface area (Å²) in [4.78, 5) is 27.0. The number of carbonyl (C=O) groups excluding carboxylic acids is 2. The molecule has 7 heteroatoms. The molecule has 0 aliphatic rings. The molecule has 0 fully saturated rings. The van der Waals surface area contributed by atoms with Gasteiger partial charge in [-0.1, -0.05) is 46.3 Å². The Morgan fingerprint density at radius 3 is 2.17 bits per heavy atom. The minimum absolute atomic E-state index is 0.209. The highest BCUT2D eigenvalue weighted by molar-refractivity contribution is 9.10. The van der Waals surface area contributed by atoms with Crippen molar-refractivity contribution >= 4 is 44.9 Å². The van der Waals surface area contributed by atoms with Gasteiger partial charge >= 0.3 is 6.03 Å². The van der Waals surface area contributed by atoms with Gasteiger partial charge < -0.3 is 20.9 Å². The molecular formula is C23H23BrN4O2. The predicted molar refractivity (Wildman–Crippen MR) is 125 cm³/mol. The third-order valence-electron chi connectivity index (χ3n) is 4.38. The fraction of sp³-hybridized carbons (Fsp3) is 0.130. The Balaban J connectivity index is 1.72. The number of anilines is 3. The lowest BCUT2D eigenvalue weighted by molar-refractivity contribution is 0.0951. The molecule has 0 saturated heterocycles. The summed E-state index contributed by atoms with van der Waals surface area (Å²) in [7, 11) is 3.74. The zero-order chi connectivity index (χ0) is 21.5. The lowest BCUT2D eigenvalue weighted by atomic mass is 10.1. The number of hydrogen-bond donors (Lipinski definition) is 3. The Labute approximate surface area is 184 Å². The molecule has 0 atom stereocenters. The van der Waals surface area contributed by atoms with E-state index in [0.717, 1.165) is 15.7 Å². The van der Waals surface area contributed by atoms with Gasteiger partial charge in [0.1, 0.15) is 0 Å². The van der Waals surface area contributed by atoms with E-state index in [4.69, 9.17) is 0 Å². The number of amides is 3. The van der Waals surface area contributed by atoms with Crippen LogP contribution in [0.25, 0.3) is 0 Å². The van der Waals surface area contributed by atoms with Gasteiger partial charge in [-0.2, -0.15) is 0 Å². The van der Waals surface area contributed by atoms with Crippen molar-refractivity contribution in [1.82, 2.24) is 5.32 Å². The van der Waals surface area contributed by atoms with E-state index in [1.807, 2.05) is 67.5 Å². The molecule has 0 aliphatic carbocycles. The minimum Gasteiger partial charge on any atom is -0.377 e. The van der Waals surface area contributed by atoms with Gasteiger partial charge in [0.25, 0.3) is 5.91 Å². The van der Waals surface area contributed by atoms with Gasteiger partial charge in [0.2, 0.25) is 0 Å². The maximum atomic E-state index is 12.8. The van der Waals surface area contributed by atoms with Crippen molar-refractivity contribution < 1.29 is 9.59 Å². The second kappa shape index (κ2) is 9.93. The molecule has 3 rings (SSSR count). The fourth-order valence-corrected chi connectivity index (χ4v) is 3.15. The molecule has 0 aromatic heterocycles. The highest BCUT2D eigenvalue weighted by atomic mass is 79.9. The van der Waals surface area contributed by atoms with Crippen molar-refractivity contribution in [3.8, 4) is 0 Å². The quantitative estimate of drug-likeness (QED) is 0.473. The number of rotatable bonds is 6. The van der Waals surface area contributed by atoms with E-state index in [9.17, 15) is 9.59 Å². The summed E-state index contributed by atoms with van der Waals surface area (Å²) in [6.07, 6.45) is 0. The number of urea groups is 1. The van der Waals surface area contributed by atoms with E-state index in [1.165, 1.54) is 0 Å². The topological polar surface area (TPSA) is 73.5 Å². The lowest BCUT2D eigenvalue weighted by Gasteiger charge is -2.18. The van der Waals surface area contributed by atoms with Crippen molar-refractivity contribution in [3.63, 3.8) is 0 Å². The first-order chi connectivity index (χ1) is 14.4. The highest BCUT2D eigenvalue weighted by Crippen LogP contribution is 2.23. The van der Waals surface area contributed by atoms with Crippen LogP contribution in [-0.2, 0) is 6.54 Å². The van der Waals surface area contributed by atoms with Crippen molar-refractivity contribution in [2.75, 3.05) is 29.6 Å². The lowest BCUT2D eigenvalue weighted by Crippen LogP contribution is -2.26. The normalized spacial score (nSPS) is 10.2. The number of hydrogen-bond acceptors (Lipinski definition) is 3. The Hall–Kier alpha value is -3.32. The highest BCUT2D eigenvalue weighted by Gasteiger charge is 2.15. The Morgan fingerprint density at radius 2 is 1.50 bits per heavy atom. The zero-order valence-electron chi connectivity index (χ0n) is 16.8. The van der Waals surface area contributed by atoms with Gasteiger partial charge in [0, 0.05) is 42.2 Å². The zero-order valence-corrected chi connectivity index (χ0v) is 18.4. The number of halogens is 1. The molecule has 0 heterocycles. The summed E-state index contributed by atoms with van der Waals surface area (Å²) >= 11 is 3.36. The Kier molecular flexibility index (Phi) is 7.08. The number of carbonyl (C=O) groups is 2. The molecule has 0 spiro atoms. The van der Waals surface area contributed by atoms with Gasteiger partial charge in [-0.3, -0.25) is 4.79 Å². The van der Waals surface area contributed by atoms with Crippen LogP contribution < -0.4 is 20.9 Å². The second-order valence-electron chi connectivity index (χ2n) is 6.88. The van der Waals surface area contributed by atoms with Crippen molar-refractivity contribution in [2.45, 2.75) is 6.54 Å². The molecule has 30 heavy (non-hydrogen) atoms. The molecule has 0 unspecified atom stereocenters. The maximum Gasteiger partial charge on any atom is 0.323 e. The van der Waals surface area contributed by atoms with Gasteiger partial charge in [-0.05, 0) is 48.0 Å². The summed E-state index contributed by atoms with van der Waals surface area (Å²) in [5.74, 6) is -0.209. The Bertz CT molecular complexity index is 1020. The van der Waals surface area contributed by atoms with Crippen LogP contribution in [0.3, 0.4) is 0 Å². The van der Waals surface area contributed by atoms with Gasteiger partial charge in [0.05, 0.1) is 5.56 Å². The SMILES string of the molecule is CN(C)c1ccc(NC(=O)Nc2ccc(Br)cc2)cc1C(=O)NCc1ccccc1. The number of benzene rings is 3. The van der Waals surface area contributed by atoms with Crippen molar-refractivity contribution in [2.24, 2.45) is 0 Å². The second-order valence-corrected chi connectivity index (χ2v) is 7.80. The van der Waals surface area contributed by atoms with Crippen LogP contribution in [0, 0.1) is 0 Å². The van der Waals surface area contributed by atoms with E-state index >= 15 is 0 Å². The third kappa shape index (κ3) is 5.84. The predicted octanol–water partition coefficient (Wildman–Crippen LogP) is 5.09. The summed E-state index contributed by atoms with van der Waals surface area (Å²) < 4.78 is 0.930. The standard InChI is InChI=1S/C23H23BrN4O2/c1-28(2)21-13-12-19(27-23(30)26-18-10-8-17(24)9-11-18)14-20(21)22(29)25-15-16-6-4-3-5-7-16/h3-14H,15H2,1-2H3,(H,25,29)(H2,26,27,30). The maximum absolute atomic E-state index is 12.8. The van der Waals surface area contributed by atoms with Crippen LogP contribution in [0.4, 0.5) is 21.9 Å². The van der Waals surface area contributed by atoms with Gasteiger partial charge in [0.15, 0.2) is 0 Å². The third-order valence-corrected chi connectivity index (χ3v) is 4.91. The average Bonchev–Trinajstić information content (AvgIpc) is 2.74. The summed E-state index contributed by atoms with van der Waals surface area (Å²) in [5, 5.41) is 8.49. The van der Waals surface area contributed by atoms with E-state index in [1.54, 1.807) is 24.3 Å². The summed E-state index contributed by atoms with van der Waals surface area (Å²) in [5.41, 5.74) is 3.46. The van der Waals surface area contributed by atoms with Crippen LogP contribution in [0.1, 0.15) is 15.9 Å². The van der Waals surface area contributed by atoms with Crippen LogP contribution in [0.2, 0.25) is 0 Å². The van der Waals surface area contributed by atoms with Gasteiger partial charge in [-0.15, -0.1) is 0 Å². The average molecular weight is 467 g/mol. The molecular weight excluding hydrogens is 444 g/mol. The molecule has 0 saturated carbocycles. The molecule has 0 radical (unpaired) electrons. The summed E-state index contributed by atoms with van der Waals surface area (Å²) in [6, 6.07) is 21.9. The smallest absolute Gasteiger partial charge is 0.323 e. The van der Waals surface area contributed by atoms with Crippen molar-refractivity contribution in [3.05, 3.63) is 88.4 Å². The first-order valence-electron chi connectivity index (χ1n) is 9.39. The number of nitrogens with one attached hydrogen (secondary N) is 3. The summed E-state index contributed by atoms with van der Waals surface area (Å²) in [6.45, 7) is 0.425. The first-order valence-corrected chi connectivity index (χ1v) is 10.2. The van der Waals surface area contributed by atoms with Crippen LogP contribution >= 0.6 is 15.9 Å². The van der Waals surface area contributed by atoms with Crippen LogP contribution in [0.15, 0.2) is 77.3 Å². The molecule has 0 bridgehead atoms. The molecule has 154 valence electrons. The molecule has 3 amide bonds. The number of nitrogens with zero attached hydrogens (tertiary/aromatic N) is 1. The first kappa shape index (κ1) is 21.4. The molecule has 3 N–H and O–H groups in total. The largest absolute Gasteiger partial charge is 0.377 e.